The number of ether oxygens (including phenoxy) is 4. The van der Waals surface area contributed by atoms with E-state index >= 15 is 0 Å². The summed E-state index contributed by atoms with van der Waals surface area (Å²) in [7, 11) is 6.43. The summed E-state index contributed by atoms with van der Waals surface area (Å²) in [5.74, 6) is 3.12. The van der Waals surface area contributed by atoms with Gasteiger partial charge in [0.25, 0.3) is 0 Å². The molecule has 0 atom stereocenters. The summed E-state index contributed by atoms with van der Waals surface area (Å²) < 4.78 is 27.7. The first kappa shape index (κ1) is 24.0. The van der Waals surface area contributed by atoms with Crippen LogP contribution in [0.25, 0.3) is 44.5 Å². The molecule has 186 valence electrons. The molecule has 4 aromatic carbocycles. The van der Waals surface area contributed by atoms with E-state index < -0.39 is 0 Å². The number of rotatable bonds is 7. The summed E-state index contributed by atoms with van der Waals surface area (Å²) in [5.41, 5.74) is 5.04. The molecule has 0 fully saturated rings. The molecule has 0 radical (unpaired) electrons. The van der Waals surface area contributed by atoms with Crippen LogP contribution in [0.1, 0.15) is 0 Å². The fourth-order valence-electron chi connectivity index (χ4n) is 4.34. The van der Waals surface area contributed by atoms with Crippen LogP contribution < -0.4 is 24.4 Å². The quantitative estimate of drug-likeness (QED) is 0.247. The van der Waals surface area contributed by atoms with Crippen LogP contribution in [0.5, 0.6) is 23.0 Å². The highest BCUT2D eigenvalue weighted by Crippen LogP contribution is 2.35. The van der Waals surface area contributed by atoms with Crippen molar-refractivity contribution in [1.29, 1.82) is 0 Å². The highest BCUT2D eigenvalue weighted by Gasteiger charge is 2.12. The molecule has 37 heavy (non-hydrogen) atoms. The van der Waals surface area contributed by atoms with E-state index in [-0.39, 0.29) is 5.43 Å². The Morgan fingerprint density at radius 3 is 1.51 bits per heavy atom. The van der Waals surface area contributed by atoms with Crippen molar-refractivity contribution in [2.75, 3.05) is 28.4 Å². The molecule has 1 aromatic heterocycles. The van der Waals surface area contributed by atoms with Crippen LogP contribution in [0.3, 0.4) is 0 Å². The van der Waals surface area contributed by atoms with Crippen molar-refractivity contribution >= 4 is 11.0 Å². The van der Waals surface area contributed by atoms with Crippen molar-refractivity contribution in [2.45, 2.75) is 0 Å². The summed E-state index contributed by atoms with van der Waals surface area (Å²) in [6.07, 6.45) is 0. The van der Waals surface area contributed by atoms with Gasteiger partial charge < -0.3 is 23.4 Å². The number of hydrogen-bond acceptors (Lipinski definition) is 6. The maximum atomic E-state index is 12.9. The lowest BCUT2D eigenvalue weighted by Crippen LogP contribution is -2.00. The second-order valence-electron chi connectivity index (χ2n) is 8.40. The van der Waals surface area contributed by atoms with Crippen LogP contribution in [0.2, 0.25) is 0 Å². The maximum Gasteiger partial charge on any atom is 0.193 e. The van der Waals surface area contributed by atoms with E-state index in [1.165, 1.54) is 6.07 Å². The van der Waals surface area contributed by atoms with Gasteiger partial charge in [0.05, 0.1) is 33.8 Å². The molecule has 0 bridgehead atoms. The topological polar surface area (TPSA) is 67.1 Å². The second kappa shape index (κ2) is 10.1. The predicted molar refractivity (Wildman–Crippen MR) is 145 cm³/mol. The minimum absolute atomic E-state index is 0.0981. The number of methoxy groups -OCH3 is 4. The molecular weight excluding hydrogens is 468 g/mol. The first-order valence-electron chi connectivity index (χ1n) is 11.7. The molecule has 0 saturated heterocycles. The van der Waals surface area contributed by atoms with Gasteiger partial charge in [0.2, 0.25) is 0 Å². The summed E-state index contributed by atoms with van der Waals surface area (Å²) in [6, 6.07) is 26.4. The van der Waals surface area contributed by atoms with Gasteiger partial charge in [-0.2, -0.15) is 0 Å². The van der Waals surface area contributed by atoms with Crippen LogP contribution in [0, 0.1) is 0 Å². The summed E-state index contributed by atoms with van der Waals surface area (Å²) >= 11 is 0. The van der Waals surface area contributed by atoms with Gasteiger partial charge in [0.15, 0.2) is 28.4 Å². The third-order valence-electron chi connectivity index (χ3n) is 6.33. The predicted octanol–water partition coefficient (Wildman–Crippen LogP) is 6.83. The van der Waals surface area contributed by atoms with E-state index in [0.717, 1.165) is 27.8 Å². The molecule has 0 spiro atoms. The van der Waals surface area contributed by atoms with Crippen LogP contribution >= 0.6 is 0 Å². The molecule has 0 N–H and O–H groups in total. The van der Waals surface area contributed by atoms with Gasteiger partial charge in [-0.1, -0.05) is 42.5 Å². The lowest BCUT2D eigenvalue weighted by molar-refractivity contribution is 0.355. The Morgan fingerprint density at radius 1 is 0.486 bits per heavy atom. The monoisotopic (exact) mass is 494 g/mol. The van der Waals surface area contributed by atoms with E-state index in [0.29, 0.717) is 39.7 Å². The molecule has 6 heteroatoms. The normalized spacial score (nSPS) is 10.8. The van der Waals surface area contributed by atoms with Crippen molar-refractivity contribution in [3.8, 4) is 56.6 Å². The maximum absolute atomic E-state index is 12.9. The summed E-state index contributed by atoms with van der Waals surface area (Å²) in [4.78, 5) is 12.9. The van der Waals surface area contributed by atoms with Gasteiger partial charge in [0.1, 0.15) is 11.3 Å². The lowest BCUT2D eigenvalue weighted by atomic mass is 10.0. The van der Waals surface area contributed by atoms with Crippen molar-refractivity contribution in [2.24, 2.45) is 0 Å². The zero-order valence-electron chi connectivity index (χ0n) is 21.0. The third-order valence-corrected chi connectivity index (χ3v) is 6.33. The fraction of sp³-hybridized carbons (Fsp3) is 0.129. The highest BCUT2D eigenvalue weighted by atomic mass is 16.5. The van der Waals surface area contributed by atoms with E-state index in [9.17, 15) is 4.79 Å². The zero-order chi connectivity index (χ0) is 25.9. The molecule has 0 aliphatic heterocycles. The van der Waals surface area contributed by atoms with Crippen LogP contribution in [0.15, 0.2) is 94.1 Å². The molecule has 0 aliphatic carbocycles. The van der Waals surface area contributed by atoms with Gasteiger partial charge >= 0.3 is 0 Å². The fourth-order valence-corrected chi connectivity index (χ4v) is 4.34. The Hall–Kier alpha value is -4.71. The molecule has 5 aromatic rings. The van der Waals surface area contributed by atoms with Gasteiger partial charge in [0, 0.05) is 11.6 Å². The average molecular weight is 495 g/mol. The van der Waals surface area contributed by atoms with E-state index in [4.69, 9.17) is 23.4 Å². The molecule has 0 aliphatic rings. The smallest absolute Gasteiger partial charge is 0.193 e. The first-order chi connectivity index (χ1) is 18.0. The van der Waals surface area contributed by atoms with E-state index in [2.05, 4.69) is 0 Å². The molecule has 5 rings (SSSR count). The van der Waals surface area contributed by atoms with Crippen molar-refractivity contribution < 1.29 is 23.4 Å². The van der Waals surface area contributed by atoms with Gasteiger partial charge in [-0.3, -0.25) is 4.79 Å². The Morgan fingerprint density at radius 2 is 0.946 bits per heavy atom. The molecule has 6 nitrogen and oxygen atoms in total. The second-order valence-corrected chi connectivity index (χ2v) is 8.40. The largest absolute Gasteiger partial charge is 0.493 e. The Bertz CT molecular complexity index is 1630. The summed E-state index contributed by atoms with van der Waals surface area (Å²) in [6.45, 7) is 0. The molecule has 0 amide bonds. The lowest BCUT2D eigenvalue weighted by Gasteiger charge is -2.11. The number of benzene rings is 4. The van der Waals surface area contributed by atoms with Gasteiger partial charge in [-0.05, 0) is 58.7 Å². The van der Waals surface area contributed by atoms with E-state index in [1.54, 1.807) is 34.5 Å². The Kier molecular flexibility index (Phi) is 6.56. The highest BCUT2D eigenvalue weighted by molar-refractivity contribution is 5.84. The van der Waals surface area contributed by atoms with Crippen molar-refractivity contribution in [3.05, 3.63) is 95.2 Å². The Labute approximate surface area is 214 Å². The first-order valence-corrected chi connectivity index (χ1v) is 11.7. The van der Waals surface area contributed by atoms with Gasteiger partial charge in [-0.25, -0.2) is 0 Å². The van der Waals surface area contributed by atoms with Crippen LogP contribution in [-0.4, -0.2) is 28.4 Å². The van der Waals surface area contributed by atoms with E-state index in [1.807, 2.05) is 72.8 Å². The minimum Gasteiger partial charge on any atom is -0.493 e. The number of hydrogen-bond donors (Lipinski definition) is 0. The van der Waals surface area contributed by atoms with Crippen LogP contribution in [0.4, 0.5) is 0 Å². The Balaban J connectivity index is 1.51. The van der Waals surface area contributed by atoms with Gasteiger partial charge in [-0.15, -0.1) is 0 Å². The molecule has 0 unspecified atom stereocenters. The SMILES string of the molecule is COc1ccc(-c2ccc(-c3cc(=O)c4ccc(-c5ccc(OC)c(OC)c5)cc4o3)cc2)cc1OC. The summed E-state index contributed by atoms with van der Waals surface area (Å²) in [5, 5.41) is 0.523. The van der Waals surface area contributed by atoms with Crippen molar-refractivity contribution in [1.82, 2.24) is 0 Å². The van der Waals surface area contributed by atoms with Crippen molar-refractivity contribution in [3.63, 3.8) is 0 Å². The third kappa shape index (κ3) is 4.61. The molecule has 1 heterocycles. The molecule has 0 saturated carbocycles. The average Bonchev–Trinajstić information content (AvgIpc) is 2.96. The van der Waals surface area contributed by atoms with Crippen LogP contribution in [-0.2, 0) is 0 Å². The standard InChI is InChI=1S/C31H26O6/c1-33-26-13-10-21(16-30(26)35-3)19-5-7-20(8-6-19)28-18-25(32)24-12-9-22(15-29(24)37-28)23-11-14-27(34-2)31(17-23)36-4/h5-18H,1-4H3. The number of fused-ring (bicyclic) bond motifs is 1. The molecular formula is C31H26O6. The zero-order valence-corrected chi connectivity index (χ0v) is 21.0. The minimum atomic E-state index is -0.0981.